The van der Waals surface area contributed by atoms with Crippen molar-refractivity contribution < 1.29 is 9.59 Å². The van der Waals surface area contributed by atoms with E-state index < -0.39 is 0 Å². The monoisotopic (exact) mass is 429 g/mol. The van der Waals surface area contributed by atoms with Crippen molar-refractivity contribution >= 4 is 34.9 Å². The van der Waals surface area contributed by atoms with Crippen LogP contribution in [0.25, 0.3) is 0 Å². The Morgan fingerprint density at radius 1 is 1.07 bits per heavy atom. The first-order chi connectivity index (χ1) is 14.1. The second kappa shape index (κ2) is 9.30. The van der Waals surface area contributed by atoms with Crippen molar-refractivity contribution in [2.24, 2.45) is 5.92 Å². The van der Waals surface area contributed by atoms with E-state index in [4.69, 9.17) is 0 Å². The van der Waals surface area contributed by atoms with Gasteiger partial charge in [0.25, 0.3) is 5.91 Å². The Hall–Kier alpha value is -1.86. The average molecular weight is 430 g/mol. The van der Waals surface area contributed by atoms with E-state index in [2.05, 4.69) is 10.4 Å². The van der Waals surface area contributed by atoms with E-state index in [1.165, 1.54) is 0 Å². The number of carbonyl (C=O) groups is 2. The zero-order valence-electron chi connectivity index (χ0n) is 16.8. The molecule has 0 bridgehead atoms. The Labute approximate surface area is 180 Å². The molecular weight excluding hydrogens is 402 g/mol. The standard InChI is InChI=1S/C22H27N3O2S2/c1-16-23-19(14-28-16)15-29-20-6-4-17(5-7-20)21(26)25-12-8-18(9-13-25)22(27)24-10-2-3-11-24/h4-7,14,18H,2-3,8-13,15H2,1H3. The van der Waals surface area contributed by atoms with Gasteiger partial charge >= 0.3 is 0 Å². The summed E-state index contributed by atoms with van der Waals surface area (Å²) in [5, 5.41) is 3.19. The SMILES string of the molecule is Cc1nc(CSc2ccc(C(=O)N3CCC(C(=O)N4CCCC4)CC3)cc2)cs1. The van der Waals surface area contributed by atoms with Gasteiger partial charge in [-0.1, -0.05) is 0 Å². The molecule has 0 aliphatic carbocycles. The molecule has 154 valence electrons. The fraction of sp³-hybridized carbons (Fsp3) is 0.500. The third-order valence-corrected chi connectivity index (χ3v) is 7.57. The van der Waals surface area contributed by atoms with Gasteiger partial charge in [0.05, 0.1) is 10.7 Å². The summed E-state index contributed by atoms with van der Waals surface area (Å²) >= 11 is 3.41. The van der Waals surface area contributed by atoms with E-state index >= 15 is 0 Å². The molecule has 3 heterocycles. The predicted octanol–water partition coefficient (Wildman–Crippen LogP) is 4.22. The number of likely N-dealkylation sites (tertiary alicyclic amines) is 2. The summed E-state index contributed by atoms with van der Waals surface area (Å²) in [7, 11) is 0. The van der Waals surface area contributed by atoms with Crippen LogP contribution in [0.4, 0.5) is 0 Å². The normalized spacial score (nSPS) is 17.7. The van der Waals surface area contributed by atoms with Gasteiger partial charge in [0.2, 0.25) is 5.91 Å². The van der Waals surface area contributed by atoms with Crippen LogP contribution >= 0.6 is 23.1 Å². The summed E-state index contributed by atoms with van der Waals surface area (Å²) in [4.78, 5) is 34.9. The lowest BCUT2D eigenvalue weighted by Crippen LogP contribution is -2.43. The molecule has 0 radical (unpaired) electrons. The maximum Gasteiger partial charge on any atom is 0.253 e. The molecule has 0 N–H and O–H groups in total. The van der Waals surface area contributed by atoms with Crippen LogP contribution in [0.1, 0.15) is 46.7 Å². The van der Waals surface area contributed by atoms with E-state index in [1.54, 1.807) is 23.1 Å². The number of thioether (sulfide) groups is 1. The third kappa shape index (κ3) is 5.01. The number of carbonyl (C=O) groups excluding carboxylic acids is 2. The van der Waals surface area contributed by atoms with Crippen LogP contribution in [-0.4, -0.2) is 52.8 Å². The van der Waals surface area contributed by atoms with Crippen molar-refractivity contribution in [1.29, 1.82) is 0 Å². The molecule has 2 saturated heterocycles. The minimum atomic E-state index is 0.0729. The van der Waals surface area contributed by atoms with Gasteiger partial charge < -0.3 is 9.80 Å². The summed E-state index contributed by atoms with van der Waals surface area (Å²) < 4.78 is 0. The first-order valence-electron chi connectivity index (χ1n) is 10.3. The molecule has 29 heavy (non-hydrogen) atoms. The lowest BCUT2D eigenvalue weighted by atomic mass is 9.95. The van der Waals surface area contributed by atoms with Gasteiger partial charge in [-0.3, -0.25) is 9.59 Å². The number of benzene rings is 1. The Morgan fingerprint density at radius 3 is 2.38 bits per heavy atom. The molecular formula is C22H27N3O2S2. The van der Waals surface area contributed by atoms with E-state index in [0.717, 1.165) is 65.7 Å². The highest BCUT2D eigenvalue weighted by molar-refractivity contribution is 7.98. The third-order valence-electron chi connectivity index (χ3n) is 5.70. The maximum absolute atomic E-state index is 12.8. The van der Waals surface area contributed by atoms with Crippen molar-refractivity contribution in [3.05, 3.63) is 45.9 Å². The molecule has 2 amide bonds. The highest BCUT2D eigenvalue weighted by atomic mass is 32.2. The average Bonchev–Trinajstić information content (AvgIpc) is 3.44. The molecule has 0 saturated carbocycles. The van der Waals surface area contributed by atoms with Crippen LogP contribution < -0.4 is 0 Å². The van der Waals surface area contributed by atoms with Crippen molar-refractivity contribution in [1.82, 2.24) is 14.8 Å². The molecule has 0 unspecified atom stereocenters. The molecule has 2 aliphatic rings. The number of piperidine rings is 1. The molecule has 0 atom stereocenters. The largest absolute Gasteiger partial charge is 0.342 e. The second-order valence-corrected chi connectivity index (χ2v) is 9.88. The van der Waals surface area contributed by atoms with Crippen molar-refractivity contribution in [3.63, 3.8) is 0 Å². The number of hydrogen-bond acceptors (Lipinski definition) is 5. The number of rotatable bonds is 5. The number of amides is 2. The molecule has 7 heteroatoms. The number of thiazole rings is 1. The molecule has 5 nitrogen and oxygen atoms in total. The summed E-state index contributed by atoms with van der Waals surface area (Å²) in [5.74, 6) is 1.30. The number of nitrogens with zero attached hydrogens (tertiary/aromatic N) is 3. The minimum Gasteiger partial charge on any atom is -0.342 e. The molecule has 2 aromatic rings. The Kier molecular flexibility index (Phi) is 6.55. The van der Waals surface area contributed by atoms with Crippen molar-refractivity contribution in [2.75, 3.05) is 26.2 Å². The van der Waals surface area contributed by atoms with Gasteiger partial charge in [0.1, 0.15) is 0 Å². The number of aromatic nitrogens is 1. The predicted molar refractivity (Wildman–Crippen MR) is 117 cm³/mol. The van der Waals surface area contributed by atoms with Crippen LogP contribution in [0.5, 0.6) is 0 Å². The molecule has 2 fully saturated rings. The highest BCUT2D eigenvalue weighted by Gasteiger charge is 2.31. The zero-order chi connectivity index (χ0) is 20.2. The summed E-state index contributed by atoms with van der Waals surface area (Å²) in [6, 6.07) is 7.86. The molecule has 2 aliphatic heterocycles. The lowest BCUT2D eigenvalue weighted by molar-refractivity contribution is -0.135. The molecule has 1 aromatic carbocycles. The number of hydrogen-bond donors (Lipinski definition) is 0. The molecule has 4 rings (SSSR count). The topological polar surface area (TPSA) is 53.5 Å². The second-order valence-electron chi connectivity index (χ2n) is 7.77. The van der Waals surface area contributed by atoms with Crippen molar-refractivity contribution in [2.45, 2.75) is 43.3 Å². The van der Waals surface area contributed by atoms with Crippen LogP contribution in [0.15, 0.2) is 34.5 Å². The maximum atomic E-state index is 12.8. The molecule has 0 spiro atoms. The fourth-order valence-electron chi connectivity index (χ4n) is 4.03. The highest BCUT2D eigenvalue weighted by Crippen LogP contribution is 2.26. The first kappa shape index (κ1) is 20.4. The van der Waals surface area contributed by atoms with Gasteiger partial charge in [0.15, 0.2) is 0 Å². The van der Waals surface area contributed by atoms with Gasteiger partial charge in [0, 0.05) is 53.7 Å². The van der Waals surface area contributed by atoms with Gasteiger partial charge in [-0.05, 0) is 56.9 Å². The van der Waals surface area contributed by atoms with E-state index in [0.29, 0.717) is 19.0 Å². The molecule has 1 aromatic heterocycles. The Bertz CT molecular complexity index is 851. The smallest absolute Gasteiger partial charge is 0.253 e. The van der Waals surface area contributed by atoms with Crippen LogP contribution in [0.3, 0.4) is 0 Å². The first-order valence-corrected chi connectivity index (χ1v) is 12.2. The van der Waals surface area contributed by atoms with Crippen molar-refractivity contribution in [3.8, 4) is 0 Å². The van der Waals surface area contributed by atoms with E-state index in [9.17, 15) is 9.59 Å². The lowest BCUT2D eigenvalue weighted by Gasteiger charge is -2.33. The van der Waals surface area contributed by atoms with Gasteiger partial charge in [-0.2, -0.15) is 0 Å². The summed E-state index contributed by atoms with van der Waals surface area (Å²) in [5.41, 5.74) is 1.83. The minimum absolute atomic E-state index is 0.0729. The Morgan fingerprint density at radius 2 is 1.76 bits per heavy atom. The van der Waals surface area contributed by atoms with Crippen LogP contribution in [0, 0.1) is 12.8 Å². The quantitative estimate of drug-likeness (QED) is 0.668. The van der Waals surface area contributed by atoms with E-state index in [-0.39, 0.29) is 11.8 Å². The number of aryl methyl sites for hydroxylation is 1. The van der Waals surface area contributed by atoms with Crippen LogP contribution in [0.2, 0.25) is 0 Å². The Balaban J connectivity index is 1.27. The van der Waals surface area contributed by atoms with E-state index in [1.807, 2.05) is 41.0 Å². The van der Waals surface area contributed by atoms with Gasteiger partial charge in [-0.15, -0.1) is 23.1 Å². The summed E-state index contributed by atoms with van der Waals surface area (Å²) in [6.07, 6.45) is 3.81. The fourth-order valence-corrected chi connectivity index (χ4v) is 5.54. The zero-order valence-corrected chi connectivity index (χ0v) is 18.4. The van der Waals surface area contributed by atoms with Crippen LogP contribution in [-0.2, 0) is 10.5 Å². The van der Waals surface area contributed by atoms with Gasteiger partial charge in [-0.25, -0.2) is 4.98 Å². The summed E-state index contributed by atoms with van der Waals surface area (Å²) in [6.45, 7) is 5.17.